The molecule has 0 radical (unpaired) electrons. The van der Waals surface area contributed by atoms with Gasteiger partial charge in [0.05, 0.1) is 12.3 Å². The van der Waals surface area contributed by atoms with Crippen molar-refractivity contribution in [2.75, 3.05) is 13.2 Å². The van der Waals surface area contributed by atoms with Crippen LogP contribution in [-0.4, -0.2) is 23.1 Å². The molecule has 1 heterocycles. The highest BCUT2D eigenvalue weighted by Crippen LogP contribution is 2.39. The Balaban J connectivity index is 1.75. The van der Waals surface area contributed by atoms with E-state index in [0.29, 0.717) is 19.1 Å². The van der Waals surface area contributed by atoms with Gasteiger partial charge in [-0.25, -0.2) is 4.98 Å². The summed E-state index contributed by atoms with van der Waals surface area (Å²) < 4.78 is 6.09. The first kappa shape index (κ1) is 16.9. The smallest absolute Gasteiger partial charge is 0.220 e. The summed E-state index contributed by atoms with van der Waals surface area (Å²) in [7, 11) is 0. The lowest BCUT2D eigenvalue weighted by Crippen LogP contribution is -2.14. The van der Waals surface area contributed by atoms with Crippen LogP contribution >= 0.6 is 0 Å². The molecule has 128 valence electrons. The molecule has 4 heteroatoms. The van der Waals surface area contributed by atoms with E-state index >= 15 is 0 Å². The number of hydrogen-bond donors (Lipinski definition) is 1. The van der Waals surface area contributed by atoms with Crippen LogP contribution in [0.3, 0.4) is 0 Å². The van der Waals surface area contributed by atoms with Crippen LogP contribution in [0.15, 0.2) is 24.3 Å². The second-order valence-corrected chi connectivity index (χ2v) is 6.57. The quantitative estimate of drug-likeness (QED) is 0.808. The molecule has 0 aliphatic heterocycles. The van der Waals surface area contributed by atoms with Gasteiger partial charge < -0.3 is 10.5 Å². The van der Waals surface area contributed by atoms with Crippen LogP contribution in [0.2, 0.25) is 0 Å². The Morgan fingerprint density at radius 2 is 2.04 bits per heavy atom. The van der Waals surface area contributed by atoms with Gasteiger partial charge in [0.1, 0.15) is 5.82 Å². The van der Waals surface area contributed by atoms with Crippen LogP contribution in [0, 0.1) is 6.92 Å². The molecule has 3 rings (SSSR count). The molecule has 0 saturated heterocycles. The Kier molecular flexibility index (Phi) is 5.46. The fraction of sp³-hybridized carbons (Fsp3) is 0.500. The lowest BCUT2D eigenvalue weighted by atomic mass is 10.1. The van der Waals surface area contributed by atoms with E-state index in [4.69, 9.17) is 20.4 Å². The number of aryl methyl sites for hydroxylation is 2. The van der Waals surface area contributed by atoms with Crippen molar-refractivity contribution in [3.05, 3.63) is 52.5 Å². The van der Waals surface area contributed by atoms with Crippen LogP contribution in [0.5, 0.6) is 5.88 Å². The molecule has 0 atom stereocenters. The number of benzene rings is 1. The molecular formula is C20H27N3O. The molecule has 0 spiro atoms. The number of nitrogens with two attached hydrogens (primary N) is 1. The zero-order valence-corrected chi connectivity index (χ0v) is 14.7. The van der Waals surface area contributed by atoms with Gasteiger partial charge >= 0.3 is 0 Å². The van der Waals surface area contributed by atoms with Gasteiger partial charge in [-0.2, -0.15) is 4.98 Å². The van der Waals surface area contributed by atoms with Crippen molar-refractivity contribution >= 4 is 0 Å². The predicted molar refractivity (Wildman–Crippen MR) is 96.5 cm³/mol. The summed E-state index contributed by atoms with van der Waals surface area (Å²) in [5.74, 6) is 2.24. The van der Waals surface area contributed by atoms with E-state index in [1.807, 2.05) is 0 Å². The predicted octanol–water partition coefficient (Wildman–Crippen LogP) is 3.35. The molecule has 1 aliphatic carbocycles. The lowest BCUT2D eigenvalue weighted by Gasteiger charge is -2.15. The Labute approximate surface area is 144 Å². The molecule has 24 heavy (non-hydrogen) atoms. The molecule has 2 aromatic rings. The van der Waals surface area contributed by atoms with Crippen LogP contribution in [0.25, 0.3) is 0 Å². The maximum absolute atomic E-state index is 6.09. The number of rotatable bonds is 8. The first-order valence-electron chi connectivity index (χ1n) is 8.99. The molecule has 0 bridgehead atoms. The van der Waals surface area contributed by atoms with E-state index < -0.39 is 0 Å². The highest BCUT2D eigenvalue weighted by Gasteiger charge is 2.28. The minimum Gasteiger partial charge on any atom is -0.477 e. The van der Waals surface area contributed by atoms with Crippen molar-refractivity contribution in [1.29, 1.82) is 0 Å². The van der Waals surface area contributed by atoms with Crippen LogP contribution in [0.1, 0.15) is 53.9 Å². The third kappa shape index (κ3) is 4.12. The Morgan fingerprint density at radius 1 is 1.21 bits per heavy atom. The Hall–Kier alpha value is -1.94. The number of nitrogens with zero attached hydrogens (tertiary/aromatic N) is 2. The van der Waals surface area contributed by atoms with E-state index in [9.17, 15) is 0 Å². The largest absolute Gasteiger partial charge is 0.477 e. The van der Waals surface area contributed by atoms with Crippen molar-refractivity contribution in [3.63, 3.8) is 0 Å². The van der Waals surface area contributed by atoms with E-state index in [0.717, 1.165) is 42.2 Å². The summed E-state index contributed by atoms with van der Waals surface area (Å²) >= 11 is 0. The summed E-state index contributed by atoms with van der Waals surface area (Å²) in [6, 6.07) is 8.56. The van der Waals surface area contributed by atoms with Crippen molar-refractivity contribution in [1.82, 2.24) is 9.97 Å². The molecule has 4 nitrogen and oxygen atoms in total. The fourth-order valence-corrected chi connectivity index (χ4v) is 2.99. The zero-order chi connectivity index (χ0) is 16.9. The third-order valence-corrected chi connectivity index (χ3v) is 4.46. The zero-order valence-electron chi connectivity index (χ0n) is 14.7. The summed E-state index contributed by atoms with van der Waals surface area (Å²) in [5, 5.41) is 0. The van der Waals surface area contributed by atoms with Gasteiger partial charge in [-0.3, -0.25) is 0 Å². The topological polar surface area (TPSA) is 61.0 Å². The van der Waals surface area contributed by atoms with Gasteiger partial charge in [-0.15, -0.1) is 0 Å². The third-order valence-electron chi connectivity index (χ3n) is 4.46. The summed E-state index contributed by atoms with van der Waals surface area (Å²) in [5.41, 5.74) is 10.6. The first-order chi connectivity index (χ1) is 11.7. The maximum atomic E-state index is 6.09. The standard InChI is InChI=1S/C20H27N3O/c1-3-18-17(9-11-21)20(23-19(22-18)16-7-8-16)24-12-10-15-6-4-5-14(2)13-15/h4-6,13,16H,3,7-12,21H2,1-2H3. The minimum atomic E-state index is 0.529. The molecular weight excluding hydrogens is 298 g/mol. The van der Waals surface area contributed by atoms with Gasteiger partial charge in [-0.1, -0.05) is 36.8 Å². The molecule has 0 unspecified atom stereocenters. The summed E-state index contributed by atoms with van der Waals surface area (Å²) in [6.07, 6.45) is 4.94. The van der Waals surface area contributed by atoms with E-state index in [1.54, 1.807) is 0 Å². The van der Waals surface area contributed by atoms with E-state index in [-0.39, 0.29) is 0 Å². The highest BCUT2D eigenvalue weighted by atomic mass is 16.5. The van der Waals surface area contributed by atoms with Gasteiger partial charge in [-0.05, 0) is 44.7 Å². The lowest BCUT2D eigenvalue weighted by molar-refractivity contribution is 0.303. The average molecular weight is 325 g/mol. The molecule has 1 fully saturated rings. The Bertz CT molecular complexity index is 695. The van der Waals surface area contributed by atoms with Crippen LogP contribution in [0.4, 0.5) is 0 Å². The summed E-state index contributed by atoms with van der Waals surface area (Å²) in [6.45, 7) is 5.47. The van der Waals surface area contributed by atoms with Gasteiger partial charge in [0.2, 0.25) is 5.88 Å². The van der Waals surface area contributed by atoms with Gasteiger partial charge in [0.15, 0.2) is 0 Å². The second-order valence-electron chi connectivity index (χ2n) is 6.57. The van der Waals surface area contributed by atoms with Crippen molar-refractivity contribution < 1.29 is 4.74 Å². The molecule has 1 aromatic heterocycles. The normalized spacial score (nSPS) is 14.0. The average Bonchev–Trinajstić information content (AvgIpc) is 3.41. The molecule has 1 aromatic carbocycles. The number of hydrogen-bond acceptors (Lipinski definition) is 4. The van der Waals surface area contributed by atoms with Gasteiger partial charge in [0.25, 0.3) is 0 Å². The molecule has 1 saturated carbocycles. The van der Waals surface area contributed by atoms with E-state index in [2.05, 4.69) is 38.1 Å². The maximum Gasteiger partial charge on any atom is 0.220 e. The van der Waals surface area contributed by atoms with Crippen molar-refractivity contribution in [2.24, 2.45) is 5.73 Å². The van der Waals surface area contributed by atoms with E-state index in [1.165, 1.54) is 24.0 Å². The van der Waals surface area contributed by atoms with Crippen LogP contribution in [-0.2, 0) is 19.3 Å². The van der Waals surface area contributed by atoms with Crippen molar-refractivity contribution in [3.8, 4) is 5.88 Å². The van der Waals surface area contributed by atoms with Crippen molar-refractivity contribution in [2.45, 2.75) is 51.9 Å². The highest BCUT2D eigenvalue weighted by molar-refractivity contribution is 5.33. The summed E-state index contributed by atoms with van der Waals surface area (Å²) in [4.78, 5) is 9.49. The molecule has 0 amide bonds. The van der Waals surface area contributed by atoms with Gasteiger partial charge in [0, 0.05) is 17.9 Å². The number of ether oxygens (including phenoxy) is 1. The Morgan fingerprint density at radius 3 is 2.71 bits per heavy atom. The first-order valence-corrected chi connectivity index (χ1v) is 8.99. The number of aromatic nitrogens is 2. The minimum absolute atomic E-state index is 0.529. The second kappa shape index (κ2) is 7.75. The molecule has 2 N–H and O–H groups in total. The monoisotopic (exact) mass is 325 g/mol. The fourth-order valence-electron chi connectivity index (χ4n) is 2.99. The van der Waals surface area contributed by atoms with Crippen LogP contribution < -0.4 is 10.5 Å². The SMILES string of the molecule is CCc1nc(C2CC2)nc(OCCc2cccc(C)c2)c1CCN. The molecule has 1 aliphatic rings.